The Morgan fingerprint density at radius 2 is 2.18 bits per heavy atom. The lowest BCUT2D eigenvalue weighted by Gasteiger charge is -2.01. The molecule has 1 saturated carbocycles. The first-order chi connectivity index (χ1) is 8.24. The van der Waals surface area contributed by atoms with E-state index in [1.165, 1.54) is 25.7 Å². The Balaban J connectivity index is 1.91. The Morgan fingerprint density at radius 1 is 1.41 bits per heavy atom. The van der Waals surface area contributed by atoms with Crippen LogP contribution in [0.25, 0.3) is 10.7 Å². The molecule has 1 aliphatic rings. The molecule has 17 heavy (non-hydrogen) atoms. The minimum absolute atomic E-state index is 0.578. The van der Waals surface area contributed by atoms with Gasteiger partial charge in [0.2, 0.25) is 0 Å². The highest BCUT2D eigenvalue weighted by Crippen LogP contribution is 2.35. The molecule has 3 N–H and O–H groups in total. The summed E-state index contributed by atoms with van der Waals surface area (Å²) in [6.45, 7) is 2.05. The van der Waals surface area contributed by atoms with E-state index in [-0.39, 0.29) is 0 Å². The van der Waals surface area contributed by atoms with E-state index in [1.54, 1.807) is 11.3 Å². The molecule has 2 aromatic heterocycles. The van der Waals surface area contributed by atoms with Crippen molar-refractivity contribution in [2.75, 3.05) is 5.73 Å². The summed E-state index contributed by atoms with van der Waals surface area (Å²) in [6, 6.07) is 1.98. The summed E-state index contributed by atoms with van der Waals surface area (Å²) in [5, 5.41) is 8.24. The van der Waals surface area contributed by atoms with Crippen LogP contribution >= 0.6 is 11.3 Å². The fourth-order valence-electron chi connectivity index (χ4n) is 2.49. The number of nitrogens with one attached hydrogen (secondary N) is 1. The van der Waals surface area contributed by atoms with Gasteiger partial charge in [0.05, 0.1) is 9.88 Å². The van der Waals surface area contributed by atoms with Crippen molar-refractivity contribution >= 4 is 16.3 Å². The van der Waals surface area contributed by atoms with Gasteiger partial charge in [0.15, 0.2) is 5.82 Å². The summed E-state index contributed by atoms with van der Waals surface area (Å²) in [6.07, 6.45) is 5.09. The Labute approximate surface area is 104 Å². The third-order valence-corrected chi connectivity index (χ3v) is 4.45. The lowest BCUT2D eigenvalue weighted by Crippen LogP contribution is -1.94. The van der Waals surface area contributed by atoms with Crippen LogP contribution in [0, 0.1) is 6.92 Å². The first-order valence-corrected chi connectivity index (χ1v) is 6.84. The van der Waals surface area contributed by atoms with E-state index in [0.29, 0.717) is 5.92 Å². The smallest absolute Gasteiger partial charge is 0.191 e. The quantitative estimate of drug-likeness (QED) is 0.858. The Hall–Kier alpha value is -1.36. The second-order valence-electron chi connectivity index (χ2n) is 4.69. The van der Waals surface area contributed by atoms with Crippen LogP contribution in [0.15, 0.2) is 6.07 Å². The summed E-state index contributed by atoms with van der Waals surface area (Å²) >= 11 is 1.56. The number of anilines is 1. The predicted octanol–water partition coefficient (Wildman–Crippen LogP) is 3.08. The van der Waals surface area contributed by atoms with Gasteiger partial charge in [-0.1, -0.05) is 12.8 Å². The lowest BCUT2D eigenvalue weighted by atomic mass is 10.1. The summed E-state index contributed by atoms with van der Waals surface area (Å²) in [5.74, 6) is 2.42. The van der Waals surface area contributed by atoms with E-state index in [2.05, 4.69) is 15.2 Å². The largest absolute Gasteiger partial charge is 0.391 e. The third kappa shape index (κ3) is 1.95. The molecule has 1 fully saturated rings. The first-order valence-electron chi connectivity index (χ1n) is 6.02. The topological polar surface area (TPSA) is 67.6 Å². The maximum absolute atomic E-state index is 5.80. The second-order valence-corrected chi connectivity index (χ2v) is 5.77. The minimum Gasteiger partial charge on any atom is -0.391 e. The fraction of sp³-hybridized carbons (Fsp3) is 0.500. The molecule has 0 atom stereocenters. The third-order valence-electron chi connectivity index (χ3n) is 3.38. The second kappa shape index (κ2) is 4.14. The van der Waals surface area contributed by atoms with Crippen molar-refractivity contribution in [3.8, 4) is 10.7 Å². The molecule has 4 nitrogen and oxygen atoms in total. The Kier molecular flexibility index (Phi) is 2.63. The van der Waals surface area contributed by atoms with Crippen molar-refractivity contribution in [3.63, 3.8) is 0 Å². The van der Waals surface area contributed by atoms with Crippen molar-refractivity contribution in [1.29, 1.82) is 0 Å². The number of hydrogen-bond acceptors (Lipinski definition) is 4. The van der Waals surface area contributed by atoms with Gasteiger partial charge in [-0.15, -0.1) is 11.3 Å². The van der Waals surface area contributed by atoms with Gasteiger partial charge in [-0.3, -0.25) is 5.10 Å². The number of nitrogens with two attached hydrogens (primary N) is 1. The molecule has 0 unspecified atom stereocenters. The van der Waals surface area contributed by atoms with Gasteiger partial charge in [-0.2, -0.15) is 5.10 Å². The zero-order chi connectivity index (χ0) is 11.8. The highest BCUT2D eigenvalue weighted by Gasteiger charge is 2.21. The van der Waals surface area contributed by atoms with Crippen LogP contribution < -0.4 is 5.73 Å². The molecule has 90 valence electrons. The normalized spacial score (nSPS) is 16.8. The molecule has 0 saturated heterocycles. The number of thiophene rings is 1. The van der Waals surface area contributed by atoms with Crippen molar-refractivity contribution in [3.05, 3.63) is 17.5 Å². The van der Waals surface area contributed by atoms with E-state index < -0.39 is 0 Å². The molecule has 0 amide bonds. The Morgan fingerprint density at radius 3 is 2.82 bits per heavy atom. The monoisotopic (exact) mass is 248 g/mol. The number of aromatic amines is 1. The molecule has 0 aromatic carbocycles. The SMILES string of the molecule is Cc1cc(N)sc1-c1n[nH]c(C2CCCC2)n1. The summed E-state index contributed by atoms with van der Waals surface area (Å²) < 4.78 is 0. The van der Waals surface area contributed by atoms with Gasteiger partial charge in [0.1, 0.15) is 5.82 Å². The van der Waals surface area contributed by atoms with Crippen LogP contribution in [-0.2, 0) is 0 Å². The van der Waals surface area contributed by atoms with Gasteiger partial charge in [0.25, 0.3) is 0 Å². The number of nitrogens with zero attached hydrogens (tertiary/aromatic N) is 2. The van der Waals surface area contributed by atoms with Crippen LogP contribution in [0.5, 0.6) is 0 Å². The number of aromatic nitrogens is 3. The van der Waals surface area contributed by atoms with Gasteiger partial charge in [-0.05, 0) is 31.4 Å². The lowest BCUT2D eigenvalue weighted by molar-refractivity contribution is 0.672. The standard InChI is InChI=1S/C12H16N4S/c1-7-6-9(13)17-10(7)12-14-11(15-16-12)8-4-2-3-5-8/h6,8H,2-5,13H2,1H3,(H,14,15,16). The summed E-state index contributed by atoms with van der Waals surface area (Å²) in [7, 11) is 0. The summed E-state index contributed by atoms with van der Waals surface area (Å²) in [5.41, 5.74) is 6.96. The molecular weight excluding hydrogens is 232 g/mol. The number of rotatable bonds is 2. The maximum atomic E-state index is 5.80. The molecule has 3 rings (SSSR count). The fourth-order valence-corrected chi connectivity index (χ4v) is 3.36. The average Bonchev–Trinajstić information content (AvgIpc) is 2.97. The van der Waals surface area contributed by atoms with Gasteiger partial charge < -0.3 is 5.73 Å². The van der Waals surface area contributed by atoms with Gasteiger partial charge in [-0.25, -0.2) is 4.98 Å². The van der Waals surface area contributed by atoms with E-state index in [4.69, 9.17) is 5.73 Å². The number of nitrogen functional groups attached to an aromatic ring is 1. The Bertz CT molecular complexity index is 522. The highest BCUT2D eigenvalue weighted by atomic mass is 32.1. The molecular formula is C12H16N4S. The average molecular weight is 248 g/mol. The molecule has 0 aliphatic heterocycles. The van der Waals surface area contributed by atoms with Crippen LogP contribution in [-0.4, -0.2) is 15.2 Å². The van der Waals surface area contributed by atoms with Crippen LogP contribution in [0.4, 0.5) is 5.00 Å². The van der Waals surface area contributed by atoms with E-state index in [9.17, 15) is 0 Å². The molecule has 0 bridgehead atoms. The molecule has 2 heterocycles. The molecule has 1 aliphatic carbocycles. The predicted molar refractivity (Wildman–Crippen MR) is 70.1 cm³/mol. The van der Waals surface area contributed by atoms with Crippen molar-refractivity contribution in [2.45, 2.75) is 38.5 Å². The highest BCUT2D eigenvalue weighted by molar-refractivity contribution is 7.19. The number of hydrogen-bond donors (Lipinski definition) is 2. The summed E-state index contributed by atoms with van der Waals surface area (Å²) in [4.78, 5) is 5.71. The first kappa shape index (κ1) is 10.8. The van der Waals surface area contributed by atoms with Gasteiger partial charge >= 0.3 is 0 Å². The van der Waals surface area contributed by atoms with Crippen molar-refractivity contribution in [1.82, 2.24) is 15.2 Å². The minimum atomic E-state index is 0.578. The molecule has 5 heteroatoms. The van der Waals surface area contributed by atoms with Crippen LogP contribution in [0.2, 0.25) is 0 Å². The van der Waals surface area contributed by atoms with E-state index in [1.807, 2.05) is 13.0 Å². The van der Waals surface area contributed by atoms with Crippen LogP contribution in [0.1, 0.15) is 43.0 Å². The molecule has 0 radical (unpaired) electrons. The zero-order valence-electron chi connectivity index (χ0n) is 9.86. The van der Waals surface area contributed by atoms with Crippen molar-refractivity contribution in [2.24, 2.45) is 0 Å². The molecule has 2 aromatic rings. The maximum Gasteiger partial charge on any atom is 0.191 e. The number of aryl methyl sites for hydroxylation is 1. The number of H-pyrrole nitrogens is 1. The van der Waals surface area contributed by atoms with E-state index >= 15 is 0 Å². The zero-order valence-corrected chi connectivity index (χ0v) is 10.7. The van der Waals surface area contributed by atoms with Crippen molar-refractivity contribution < 1.29 is 0 Å². The van der Waals surface area contributed by atoms with E-state index in [0.717, 1.165) is 27.1 Å². The van der Waals surface area contributed by atoms with Crippen LogP contribution in [0.3, 0.4) is 0 Å². The van der Waals surface area contributed by atoms with Gasteiger partial charge in [0, 0.05) is 5.92 Å². The molecule has 0 spiro atoms.